The third-order valence-corrected chi connectivity index (χ3v) is 5.27. The number of likely N-dealkylation sites (N-methyl/N-ethyl adjacent to an activating group) is 1. The largest absolute Gasteiger partial charge is 0.326 e. The van der Waals surface area contributed by atoms with Gasteiger partial charge in [0.25, 0.3) is 0 Å². The molecule has 2 N–H and O–H groups in total. The van der Waals surface area contributed by atoms with Gasteiger partial charge in [0.1, 0.15) is 0 Å². The van der Waals surface area contributed by atoms with Gasteiger partial charge in [0, 0.05) is 37.8 Å². The van der Waals surface area contributed by atoms with Crippen LogP contribution in [-0.4, -0.2) is 48.6 Å². The maximum atomic E-state index is 6.53. The van der Waals surface area contributed by atoms with E-state index in [-0.39, 0.29) is 0 Å². The van der Waals surface area contributed by atoms with Crippen LogP contribution in [0.25, 0.3) is 0 Å². The van der Waals surface area contributed by atoms with Gasteiger partial charge in [0.05, 0.1) is 0 Å². The molecule has 0 amide bonds. The van der Waals surface area contributed by atoms with Gasteiger partial charge in [-0.05, 0) is 25.5 Å². The number of rotatable bonds is 2. The Morgan fingerprint density at radius 1 is 1.00 bits per heavy atom. The summed E-state index contributed by atoms with van der Waals surface area (Å²) in [5.41, 5.74) is 7.97. The number of benzene rings is 1. The van der Waals surface area contributed by atoms with Gasteiger partial charge in [-0.3, -0.25) is 4.90 Å². The number of nitrogens with two attached hydrogens (primary N) is 1. The molecule has 3 heteroatoms. The Balaban J connectivity index is 1.83. The molecule has 3 nitrogen and oxygen atoms in total. The molecule has 3 rings (SSSR count). The van der Waals surface area contributed by atoms with Crippen molar-refractivity contribution in [2.24, 2.45) is 5.73 Å². The highest BCUT2D eigenvalue weighted by molar-refractivity contribution is 5.20. The molecule has 1 aromatic carbocycles. The van der Waals surface area contributed by atoms with Crippen LogP contribution in [0.15, 0.2) is 30.3 Å². The number of hydrogen-bond donors (Lipinski definition) is 1. The molecule has 1 aromatic rings. The van der Waals surface area contributed by atoms with E-state index in [0.717, 1.165) is 19.6 Å². The van der Waals surface area contributed by atoms with Crippen LogP contribution in [0.1, 0.15) is 43.7 Å². The number of nitrogens with zero attached hydrogens (tertiary/aromatic N) is 2. The van der Waals surface area contributed by atoms with Gasteiger partial charge in [-0.2, -0.15) is 0 Å². The van der Waals surface area contributed by atoms with Crippen LogP contribution in [0.5, 0.6) is 0 Å². The van der Waals surface area contributed by atoms with Crippen molar-refractivity contribution in [1.82, 2.24) is 9.80 Å². The standard InChI is InChI=1S/C18H29N3/c1-20-12-13-21(17-11-7-3-6-10-16(17)19)18(14-20)15-8-4-2-5-9-15/h2,4-5,8-9,16-18H,3,6-7,10-14,19H2,1H3. The fourth-order valence-electron chi connectivity index (χ4n) is 4.03. The molecule has 3 unspecified atom stereocenters. The van der Waals surface area contributed by atoms with Crippen LogP contribution in [-0.2, 0) is 0 Å². The molecule has 116 valence electrons. The monoisotopic (exact) mass is 287 g/mol. The van der Waals surface area contributed by atoms with Crippen LogP contribution in [0.4, 0.5) is 0 Å². The lowest BCUT2D eigenvalue weighted by atomic mass is 9.95. The molecule has 0 radical (unpaired) electrons. The molecule has 0 aromatic heterocycles. The van der Waals surface area contributed by atoms with Crippen molar-refractivity contribution in [3.63, 3.8) is 0 Å². The molecule has 0 spiro atoms. The third-order valence-electron chi connectivity index (χ3n) is 5.27. The average Bonchev–Trinajstić information content (AvgIpc) is 2.73. The highest BCUT2D eigenvalue weighted by atomic mass is 15.3. The number of piperazine rings is 1. The summed E-state index contributed by atoms with van der Waals surface area (Å²) in [7, 11) is 2.24. The molecular weight excluding hydrogens is 258 g/mol. The Bertz CT molecular complexity index is 433. The van der Waals surface area contributed by atoms with Gasteiger partial charge in [0.2, 0.25) is 0 Å². The third kappa shape index (κ3) is 3.47. The van der Waals surface area contributed by atoms with Crippen LogP contribution >= 0.6 is 0 Å². The zero-order chi connectivity index (χ0) is 14.7. The van der Waals surface area contributed by atoms with E-state index in [1.807, 2.05) is 0 Å². The Morgan fingerprint density at radius 3 is 2.57 bits per heavy atom. The lowest BCUT2D eigenvalue weighted by Crippen LogP contribution is -2.55. The first kappa shape index (κ1) is 15.0. The molecule has 1 saturated heterocycles. The van der Waals surface area contributed by atoms with E-state index in [9.17, 15) is 0 Å². The second kappa shape index (κ2) is 6.91. The van der Waals surface area contributed by atoms with Gasteiger partial charge in [-0.15, -0.1) is 0 Å². The number of hydrogen-bond acceptors (Lipinski definition) is 3. The topological polar surface area (TPSA) is 32.5 Å². The minimum absolute atomic E-state index is 0.349. The van der Waals surface area contributed by atoms with Crippen LogP contribution < -0.4 is 5.73 Å². The first-order chi connectivity index (χ1) is 10.3. The van der Waals surface area contributed by atoms with Crippen molar-refractivity contribution >= 4 is 0 Å². The lowest BCUT2D eigenvalue weighted by molar-refractivity contribution is 0.0382. The fourth-order valence-corrected chi connectivity index (χ4v) is 4.03. The van der Waals surface area contributed by atoms with E-state index in [1.54, 1.807) is 0 Å². The van der Waals surface area contributed by atoms with Gasteiger partial charge in [-0.25, -0.2) is 0 Å². The van der Waals surface area contributed by atoms with E-state index in [1.165, 1.54) is 37.7 Å². The summed E-state index contributed by atoms with van der Waals surface area (Å²) in [6.07, 6.45) is 6.47. The summed E-state index contributed by atoms with van der Waals surface area (Å²) < 4.78 is 0. The quantitative estimate of drug-likeness (QED) is 0.849. The molecule has 2 aliphatic rings. The van der Waals surface area contributed by atoms with Gasteiger partial charge in [-0.1, -0.05) is 49.6 Å². The maximum absolute atomic E-state index is 6.53. The zero-order valence-electron chi connectivity index (χ0n) is 13.2. The van der Waals surface area contributed by atoms with Crippen molar-refractivity contribution in [2.75, 3.05) is 26.7 Å². The lowest BCUT2D eigenvalue weighted by Gasteiger charge is -2.46. The summed E-state index contributed by atoms with van der Waals surface area (Å²) in [6.45, 7) is 3.42. The molecule has 0 bridgehead atoms. The normalized spacial score (nSPS) is 32.8. The molecule has 3 atom stereocenters. The van der Waals surface area contributed by atoms with E-state index in [0.29, 0.717) is 18.1 Å². The minimum Gasteiger partial charge on any atom is -0.326 e. The Labute approximate surface area is 129 Å². The summed E-state index contributed by atoms with van der Waals surface area (Å²) in [4.78, 5) is 5.17. The Kier molecular flexibility index (Phi) is 4.94. The van der Waals surface area contributed by atoms with Crippen LogP contribution in [0, 0.1) is 0 Å². The van der Waals surface area contributed by atoms with Gasteiger partial charge in [0.15, 0.2) is 0 Å². The van der Waals surface area contributed by atoms with E-state index >= 15 is 0 Å². The second-order valence-corrected chi connectivity index (χ2v) is 6.80. The summed E-state index contributed by atoms with van der Waals surface area (Å²) in [5.74, 6) is 0. The molecule has 1 heterocycles. The summed E-state index contributed by atoms with van der Waals surface area (Å²) in [6, 6.07) is 12.4. The van der Waals surface area contributed by atoms with Crippen molar-refractivity contribution in [1.29, 1.82) is 0 Å². The SMILES string of the molecule is CN1CCN(C2CCCCCC2N)C(c2ccccc2)C1. The van der Waals surface area contributed by atoms with Crippen molar-refractivity contribution in [3.8, 4) is 0 Å². The highest BCUT2D eigenvalue weighted by Crippen LogP contribution is 2.31. The van der Waals surface area contributed by atoms with Crippen molar-refractivity contribution in [2.45, 2.75) is 50.2 Å². The molecule has 1 saturated carbocycles. The van der Waals surface area contributed by atoms with Gasteiger partial charge < -0.3 is 10.6 Å². The van der Waals surface area contributed by atoms with Crippen molar-refractivity contribution in [3.05, 3.63) is 35.9 Å². The maximum Gasteiger partial charge on any atom is 0.0479 e. The zero-order valence-corrected chi connectivity index (χ0v) is 13.2. The predicted molar refractivity (Wildman–Crippen MR) is 88.2 cm³/mol. The minimum atomic E-state index is 0.349. The van der Waals surface area contributed by atoms with Crippen molar-refractivity contribution < 1.29 is 0 Å². The fraction of sp³-hybridized carbons (Fsp3) is 0.667. The summed E-state index contributed by atoms with van der Waals surface area (Å²) in [5, 5.41) is 0. The first-order valence-corrected chi connectivity index (χ1v) is 8.50. The smallest absolute Gasteiger partial charge is 0.0479 e. The van der Waals surface area contributed by atoms with Gasteiger partial charge >= 0.3 is 0 Å². The van der Waals surface area contributed by atoms with Crippen LogP contribution in [0.3, 0.4) is 0 Å². The van der Waals surface area contributed by atoms with E-state index in [4.69, 9.17) is 5.73 Å². The Hall–Kier alpha value is -0.900. The van der Waals surface area contributed by atoms with Crippen LogP contribution in [0.2, 0.25) is 0 Å². The van der Waals surface area contributed by atoms with E-state index in [2.05, 4.69) is 47.2 Å². The van der Waals surface area contributed by atoms with E-state index < -0.39 is 0 Å². The molecule has 1 aliphatic heterocycles. The predicted octanol–water partition coefficient (Wildman–Crippen LogP) is 2.64. The molecule has 21 heavy (non-hydrogen) atoms. The molecular formula is C18H29N3. The highest BCUT2D eigenvalue weighted by Gasteiger charge is 2.34. The first-order valence-electron chi connectivity index (χ1n) is 8.50. The average molecular weight is 287 g/mol. The Morgan fingerprint density at radius 2 is 1.76 bits per heavy atom. The molecule has 2 fully saturated rings. The summed E-state index contributed by atoms with van der Waals surface area (Å²) >= 11 is 0. The second-order valence-electron chi connectivity index (χ2n) is 6.80. The molecule has 1 aliphatic carbocycles.